The van der Waals surface area contributed by atoms with Crippen molar-refractivity contribution in [2.45, 2.75) is 12.3 Å². The van der Waals surface area contributed by atoms with Crippen molar-refractivity contribution in [1.29, 1.82) is 0 Å². The zero-order chi connectivity index (χ0) is 13.3. The normalized spacial score (nSPS) is 13.6. The molecule has 2 nitrogen and oxygen atoms in total. The highest BCUT2D eigenvalue weighted by atomic mass is 19.4. The Bertz CT molecular complexity index is 564. The van der Waals surface area contributed by atoms with E-state index in [1.807, 2.05) is 0 Å². The van der Waals surface area contributed by atoms with Gasteiger partial charge in [0, 0.05) is 0 Å². The Labute approximate surface area is 102 Å². The topological polar surface area (TPSA) is 29.5 Å². The summed E-state index contributed by atoms with van der Waals surface area (Å²) in [5.41, 5.74) is -0.167. The molecule has 0 spiro atoms. The Balaban J connectivity index is 2.45. The molecule has 2 aromatic carbocycles. The predicted molar refractivity (Wildman–Crippen MR) is 61.5 cm³/mol. The molecule has 0 bridgehead atoms. The van der Waals surface area contributed by atoms with Gasteiger partial charge in [0.05, 0.1) is 7.11 Å². The van der Waals surface area contributed by atoms with Crippen molar-refractivity contribution in [3.63, 3.8) is 0 Å². The van der Waals surface area contributed by atoms with Gasteiger partial charge in [-0.15, -0.1) is 0 Å². The second-order valence-electron chi connectivity index (χ2n) is 3.92. The average Bonchev–Trinajstić information content (AvgIpc) is 2.35. The SMILES string of the molecule is COc1ccc2cc(C(O)C(F)(F)F)ccc2c1. The quantitative estimate of drug-likeness (QED) is 0.891. The lowest BCUT2D eigenvalue weighted by atomic mass is 10.0. The van der Waals surface area contributed by atoms with Crippen molar-refractivity contribution < 1.29 is 23.0 Å². The van der Waals surface area contributed by atoms with Crippen LogP contribution in [0.2, 0.25) is 0 Å². The minimum absolute atomic E-state index is 0.167. The van der Waals surface area contributed by atoms with Gasteiger partial charge >= 0.3 is 6.18 Å². The van der Waals surface area contributed by atoms with E-state index in [9.17, 15) is 13.2 Å². The molecule has 96 valence electrons. The van der Waals surface area contributed by atoms with Crippen molar-refractivity contribution in [2.24, 2.45) is 0 Å². The van der Waals surface area contributed by atoms with Crippen LogP contribution in [0.25, 0.3) is 10.8 Å². The second-order valence-corrected chi connectivity index (χ2v) is 3.92. The maximum Gasteiger partial charge on any atom is 0.418 e. The van der Waals surface area contributed by atoms with Crippen LogP contribution < -0.4 is 4.74 Å². The summed E-state index contributed by atoms with van der Waals surface area (Å²) in [5.74, 6) is 0.631. The number of rotatable bonds is 2. The van der Waals surface area contributed by atoms with E-state index in [1.165, 1.54) is 25.3 Å². The van der Waals surface area contributed by atoms with E-state index < -0.39 is 12.3 Å². The van der Waals surface area contributed by atoms with Gasteiger partial charge in [-0.2, -0.15) is 13.2 Å². The van der Waals surface area contributed by atoms with Gasteiger partial charge in [0.15, 0.2) is 6.10 Å². The Kier molecular flexibility index (Phi) is 3.17. The predicted octanol–water partition coefficient (Wildman–Crippen LogP) is 3.44. The van der Waals surface area contributed by atoms with Crippen molar-refractivity contribution in [2.75, 3.05) is 7.11 Å². The molecule has 18 heavy (non-hydrogen) atoms. The Morgan fingerprint density at radius 2 is 1.67 bits per heavy atom. The Hall–Kier alpha value is -1.75. The monoisotopic (exact) mass is 256 g/mol. The molecule has 0 saturated heterocycles. The molecular weight excluding hydrogens is 245 g/mol. The molecule has 0 fully saturated rings. The van der Waals surface area contributed by atoms with E-state index >= 15 is 0 Å². The van der Waals surface area contributed by atoms with Crippen LogP contribution in [-0.2, 0) is 0 Å². The third-order valence-corrected chi connectivity index (χ3v) is 2.70. The molecular formula is C13H11F3O2. The lowest BCUT2D eigenvalue weighted by molar-refractivity contribution is -0.206. The fraction of sp³-hybridized carbons (Fsp3) is 0.231. The number of hydrogen-bond donors (Lipinski definition) is 1. The lowest BCUT2D eigenvalue weighted by Gasteiger charge is -2.15. The number of alkyl halides is 3. The first-order valence-corrected chi connectivity index (χ1v) is 5.24. The molecule has 0 aliphatic heterocycles. The summed E-state index contributed by atoms with van der Waals surface area (Å²) in [4.78, 5) is 0. The minimum atomic E-state index is -4.65. The lowest BCUT2D eigenvalue weighted by Crippen LogP contribution is -2.20. The maximum absolute atomic E-state index is 12.4. The number of hydrogen-bond acceptors (Lipinski definition) is 2. The summed E-state index contributed by atoms with van der Waals surface area (Å²) >= 11 is 0. The summed E-state index contributed by atoms with van der Waals surface area (Å²) in [6.07, 6.45) is -7.11. The highest BCUT2D eigenvalue weighted by Crippen LogP contribution is 2.34. The summed E-state index contributed by atoms with van der Waals surface area (Å²) < 4.78 is 42.2. The maximum atomic E-state index is 12.4. The standard InChI is InChI=1S/C13H11F3O2/c1-18-11-5-4-8-6-10(3-2-9(8)7-11)12(17)13(14,15)16/h2-7,12,17H,1H3. The van der Waals surface area contributed by atoms with Gasteiger partial charge in [0.2, 0.25) is 0 Å². The van der Waals surface area contributed by atoms with Gasteiger partial charge in [-0.1, -0.05) is 18.2 Å². The van der Waals surface area contributed by atoms with E-state index in [-0.39, 0.29) is 5.56 Å². The first-order chi connectivity index (χ1) is 8.41. The van der Waals surface area contributed by atoms with Crippen LogP contribution in [0.3, 0.4) is 0 Å². The highest BCUT2D eigenvalue weighted by Gasteiger charge is 2.39. The first-order valence-electron chi connectivity index (χ1n) is 5.24. The fourth-order valence-electron chi connectivity index (χ4n) is 1.73. The molecule has 0 saturated carbocycles. The van der Waals surface area contributed by atoms with Crippen LogP contribution >= 0.6 is 0 Å². The number of fused-ring (bicyclic) bond motifs is 1. The highest BCUT2D eigenvalue weighted by molar-refractivity contribution is 5.84. The summed E-state index contributed by atoms with van der Waals surface area (Å²) in [6, 6.07) is 9.15. The summed E-state index contributed by atoms with van der Waals surface area (Å²) in [6.45, 7) is 0. The second kappa shape index (κ2) is 4.49. The zero-order valence-electron chi connectivity index (χ0n) is 9.53. The number of aliphatic hydroxyl groups excluding tert-OH is 1. The van der Waals surface area contributed by atoms with Crippen LogP contribution in [0.15, 0.2) is 36.4 Å². The average molecular weight is 256 g/mol. The van der Waals surface area contributed by atoms with Gasteiger partial charge in [0.1, 0.15) is 5.75 Å². The first kappa shape index (κ1) is 12.7. The van der Waals surface area contributed by atoms with Gasteiger partial charge < -0.3 is 9.84 Å². The minimum Gasteiger partial charge on any atom is -0.497 e. The summed E-state index contributed by atoms with van der Waals surface area (Å²) in [5, 5.41) is 10.5. The van der Waals surface area contributed by atoms with Crippen molar-refractivity contribution in [3.05, 3.63) is 42.0 Å². The van der Waals surface area contributed by atoms with Gasteiger partial charge in [-0.25, -0.2) is 0 Å². The smallest absolute Gasteiger partial charge is 0.418 e. The van der Waals surface area contributed by atoms with E-state index in [0.717, 1.165) is 5.39 Å². The van der Waals surface area contributed by atoms with Crippen molar-refractivity contribution in [1.82, 2.24) is 0 Å². The van der Waals surface area contributed by atoms with Gasteiger partial charge in [-0.3, -0.25) is 0 Å². The molecule has 0 aliphatic carbocycles. The molecule has 0 aliphatic rings. The van der Waals surface area contributed by atoms with E-state index in [0.29, 0.717) is 11.1 Å². The molecule has 5 heteroatoms. The van der Waals surface area contributed by atoms with Crippen LogP contribution in [0.5, 0.6) is 5.75 Å². The number of benzene rings is 2. The van der Waals surface area contributed by atoms with Crippen molar-refractivity contribution in [3.8, 4) is 5.75 Å². The van der Waals surface area contributed by atoms with Crippen LogP contribution in [0, 0.1) is 0 Å². The molecule has 2 aromatic rings. The molecule has 1 N–H and O–H groups in total. The summed E-state index contributed by atoms with van der Waals surface area (Å²) in [7, 11) is 1.52. The number of methoxy groups -OCH3 is 1. The third-order valence-electron chi connectivity index (χ3n) is 2.70. The number of halogens is 3. The molecule has 1 atom stereocenters. The molecule has 2 rings (SSSR count). The Morgan fingerprint density at radius 1 is 1.06 bits per heavy atom. The molecule has 1 unspecified atom stereocenters. The number of ether oxygens (including phenoxy) is 1. The van der Waals surface area contributed by atoms with E-state index in [1.54, 1.807) is 18.2 Å². The van der Waals surface area contributed by atoms with Crippen LogP contribution in [0.1, 0.15) is 11.7 Å². The molecule has 0 radical (unpaired) electrons. The van der Waals surface area contributed by atoms with Crippen LogP contribution in [0.4, 0.5) is 13.2 Å². The fourth-order valence-corrected chi connectivity index (χ4v) is 1.73. The zero-order valence-corrected chi connectivity index (χ0v) is 9.53. The van der Waals surface area contributed by atoms with Gasteiger partial charge in [-0.05, 0) is 34.5 Å². The molecule has 0 heterocycles. The van der Waals surface area contributed by atoms with Crippen LogP contribution in [-0.4, -0.2) is 18.4 Å². The third kappa shape index (κ3) is 2.41. The molecule has 0 aromatic heterocycles. The molecule has 0 amide bonds. The Morgan fingerprint density at radius 3 is 2.28 bits per heavy atom. The number of aliphatic hydroxyl groups is 1. The van der Waals surface area contributed by atoms with E-state index in [4.69, 9.17) is 9.84 Å². The van der Waals surface area contributed by atoms with Gasteiger partial charge in [0.25, 0.3) is 0 Å². The largest absolute Gasteiger partial charge is 0.497 e. The van der Waals surface area contributed by atoms with Crippen molar-refractivity contribution >= 4 is 10.8 Å². The van der Waals surface area contributed by atoms with E-state index in [2.05, 4.69) is 0 Å².